The van der Waals surface area contributed by atoms with Crippen LogP contribution in [0.3, 0.4) is 0 Å². The molecule has 0 bridgehead atoms. The fraction of sp³-hybridized carbons (Fsp3) is 0.238. The molecule has 0 radical (unpaired) electrons. The number of rotatable bonds is 9. The molecule has 156 valence electrons. The summed E-state index contributed by atoms with van der Waals surface area (Å²) < 4.78 is 7.07. The zero-order chi connectivity index (χ0) is 21.5. The van der Waals surface area contributed by atoms with Gasteiger partial charge in [-0.3, -0.25) is 14.2 Å². The van der Waals surface area contributed by atoms with Gasteiger partial charge < -0.3 is 10.1 Å². The first-order valence-corrected chi connectivity index (χ1v) is 10.6. The molecule has 0 unspecified atom stereocenters. The van der Waals surface area contributed by atoms with Gasteiger partial charge in [0.2, 0.25) is 5.91 Å². The van der Waals surface area contributed by atoms with Crippen LogP contribution in [-0.4, -0.2) is 45.9 Å². The Balaban J connectivity index is 1.86. The molecule has 2 aromatic carbocycles. The maximum absolute atomic E-state index is 12.5. The summed E-state index contributed by atoms with van der Waals surface area (Å²) >= 11 is 7.61. The van der Waals surface area contributed by atoms with Crippen LogP contribution in [0.2, 0.25) is 5.02 Å². The van der Waals surface area contributed by atoms with Gasteiger partial charge in [0.25, 0.3) is 0 Å². The normalized spacial score (nSPS) is 10.6. The molecule has 1 aromatic heterocycles. The topological polar surface area (TPSA) is 86.1 Å². The Hall–Kier alpha value is -2.84. The molecule has 3 rings (SSSR count). The van der Waals surface area contributed by atoms with Gasteiger partial charge in [-0.15, -0.1) is 10.2 Å². The molecule has 7 nitrogen and oxygen atoms in total. The predicted molar refractivity (Wildman–Crippen MR) is 117 cm³/mol. The van der Waals surface area contributed by atoms with Gasteiger partial charge in [-0.1, -0.05) is 53.7 Å². The summed E-state index contributed by atoms with van der Waals surface area (Å²) in [6.45, 7) is 1.88. The number of aromatic nitrogens is 3. The van der Waals surface area contributed by atoms with Crippen LogP contribution >= 0.6 is 23.4 Å². The molecular weight excluding hydrogens is 424 g/mol. The lowest BCUT2D eigenvalue weighted by molar-refractivity contribution is -0.118. The first-order chi connectivity index (χ1) is 14.5. The van der Waals surface area contributed by atoms with Crippen LogP contribution in [-0.2, 0) is 11.2 Å². The number of nitrogens with zero attached hydrogens (tertiary/aromatic N) is 3. The van der Waals surface area contributed by atoms with Crippen molar-refractivity contribution in [3.8, 4) is 11.4 Å². The first kappa shape index (κ1) is 21.9. The number of ketones is 1. The van der Waals surface area contributed by atoms with Gasteiger partial charge in [-0.25, -0.2) is 0 Å². The molecule has 1 heterocycles. The third-order valence-electron chi connectivity index (χ3n) is 4.24. The van der Waals surface area contributed by atoms with Crippen LogP contribution in [0.15, 0.2) is 53.7 Å². The zero-order valence-corrected chi connectivity index (χ0v) is 18.2. The van der Waals surface area contributed by atoms with Crippen molar-refractivity contribution >= 4 is 35.1 Å². The Labute approximate surface area is 183 Å². The van der Waals surface area contributed by atoms with Crippen molar-refractivity contribution in [2.45, 2.75) is 18.5 Å². The molecule has 3 aromatic rings. The maximum atomic E-state index is 12.5. The van der Waals surface area contributed by atoms with Crippen LogP contribution < -0.4 is 10.1 Å². The largest absolute Gasteiger partial charge is 0.495 e. The fourth-order valence-electron chi connectivity index (χ4n) is 2.80. The van der Waals surface area contributed by atoms with Gasteiger partial charge in [-0.05, 0) is 18.2 Å². The number of benzene rings is 2. The van der Waals surface area contributed by atoms with E-state index in [1.807, 2.05) is 28.8 Å². The van der Waals surface area contributed by atoms with Crippen molar-refractivity contribution in [3.05, 3.63) is 64.9 Å². The van der Waals surface area contributed by atoms with Crippen molar-refractivity contribution in [1.29, 1.82) is 0 Å². The Kier molecular flexibility index (Phi) is 7.48. The summed E-state index contributed by atoms with van der Waals surface area (Å²) in [5, 5.41) is 12.3. The van der Waals surface area contributed by atoms with Gasteiger partial charge in [-0.2, -0.15) is 0 Å². The van der Waals surface area contributed by atoms with Crippen LogP contribution in [0, 0.1) is 0 Å². The third-order valence-corrected chi connectivity index (χ3v) is 5.47. The minimum absolute atomic E-state index is 0.00251. The number of Topliss-reactive ketones (excluding diaryl/α,β-unsaturated/α-hetero) is 1. The van der Waals surface area contributed by atoms with Gasteiger partial charge in [0.15, 0.2) is 10.9 Å². The van der Waals surface area contributed by atoms with Crippen LogP contribution in [0.5, 0.6) is 5.75 Å². The Morgan fingerprint density at radius 2 is 1.93 bits per heavy atom. The number of carbonyl (C=O) groups excluding carboxylic acids is 2. The van der Waals surface area contributed by atoms with Crippen LogP contribution in [0.1, 0.15) is 23.1 Å². The number of methoxy groups -OCH3 is 1. The molecule has 0 aliphatic rings. The zero-order valence-electron chi connectivity index (χ0n) is 16.6. The molecule has 0 aliphatic carbocycles. The Bertz CT molecular complexity index is 1040. The molecule has 1 N–H and O–H groups in total. The summed E-state index contributed by atoms with van der Waals surface area (Å²) in [7, 11) is 1.55. The van der Waals surface area contributed by atoms with E-state index in [0.29, 0.717) is 40.3 Å². The highest BCUT2D eigenvalue weighted by molar-refractivity contribution is 7.99. The quantitative estimate of drug-likeness (QED) is 0.401. The number of hydrogen-bond acceptors (Lipinski definition) is 6. The number of thioether (sulfide) groups is 1. The van der Waals surface area contributed by atoms with E-state index in [4.69, 9.17) is 16.3 Å². The Morgan fingerprint density at radius 3 is 2.60 bits per heavy atom. The van der Waals surface area contributed by atoms with E-state index in [1.165, 1.54) is 18.7 Å². The van der Waals surface area contributed by atoms with E-state index in [-0.39, 0.29) is 17.4 Å². The Morgan fingerprint density at radius 1 is 1.17 bits per heavy atom. The SMILES string of the molecule is COc1ccc(-n2c(CCNC(C)=O)nnc2SCC(=O)c2ccccc2)cc1Cl. The van der Waals surface area contributed by atoms with Crippen LogP contribution in [0.4, 0.5) is 0 Å². The number of hydrogen-bond donors (Lipinski definition) is 1. The highest BCUT2D eigenvalue weighted by Crippen LogP contribution is 2.30. The highest BCUT2D eigenvalue weighted by atomic mass is 35.5. The van der Waals surface area contributed by atoms with Crippen molar-refractivity contribution in [1.82, 2.24) is 20.1 Å². The number of amides is 1. The standard InChI is InChI=1S/C21H21ClN4O3S/c1-14(27)23-11-10-20-24-25-21(30-13-18(28)15-6-4-3-5-7-15)26(20)16-8-9-19(29-2)17(22)12-16/h3-9,12H,10-11,13H2,1-2H3,(H,23,27). The van der Waals surface area contributed by atoms with E-state index in [2.05, 4.69) is 15.5 Å². The van der Waals surface area contributed by atoms with E-state index in [1.54, 1.807) is 31.4 Å². The lowest BCUT2D eigenvalue weighted by atomic mass is 10.2. The molecule has 1 amide bonds. The molecule has 0 atom stereocenters. The second-order valence-corrected chi connectivity index (χ2v) is 7.71. The van der Waals surface area contributed by atoms with Gasteiger partial charge >= 0.3 is 0 Å². The highest BCUT2D eigenvalue weighted by Gasteiger charge is 2.17. The molecule has 0 fully saturated rings. The summed E-state index contributed by atoms with van der Waals surface area (Å²) in [6, 6.07) is 14.5. The van der Waals surface area contributed by atoms with Crippen molar-refractivity contribution in [2.24, 2.45) is 0 Å². The fourth-order valence-corrected chi connectivity index (χ4v) is 3.91. The summed E-state index contributed by atoms with van der Waals surface area (Å²) in [5.41, 5.74) is 1.40. The molecule has 0 aliphatic heterocycles. The summed E-state index contributed by atoms with van der Waals surface area (Å²) in [6.07, 6.45) is 0.476. The predicted octanol–water partition coefficient (Wildman–Crippen LogP) is 3.58. The average molecular weight is 445 g/mol. The smallest absolute Gasteiger partial charge is 0.216 e. The monoisotopic (exact) mass is 444 g/mol. The second-order valence-electron chi connectivity index (χ2n) is 6.36. The van der Waals surface area contributed by atoms with Gasteiger partial charge in [0.05, 0.1) is 23.6 Å². The lowest BCUT2D eigenvalue weighted by Crippen LogP contribution is -2.23. The first-order valence-electron chi connectivity index (χ1n) is 9.23. The number of ether oxygens (including phenoxy) is 1. The third kappa shape index (κ3) is 5.40. The second kappa shape index (κ2) is 10.3. The van der Waals surface area contributed by atoms with E-state index >= 15 is 0 Å². The molecular formula is C21H21ClN4O3S. The molecule has 30 heavy (non-hydrogen) atoms. The van der Waals surface area contributed by atoms with Crippen molar-refractivity contribution in [2.75, 3.05) is 19.4 Å². The maximum Gasteiger partial charge on any atom is 0.216 e. The minimum Gasteiger partial charge on any atom is -0.495 e. The molecule has 0 spiro atoms. The lowest BCUT2D eigenvalue weighted by Gasteiger charge is -2.12. The number of nitrogens with one attached hydrogen (secondary N) is 1. The van der Waals surface area contributed by atoms with E-state index in [0.717, 1.165) is 5.69 Å². The van der Waals surface area contributed by atoms with Crippen LogP contribution in [0.25, 0.3) is 5.69 Å². The minimum atomic E-state index is -0.114. The number of halogens is 1. The van der Waals surface area contributed by atoms with E-state index < -0.39 is 0 Å². The van der Waals surface area contributed by atoms with Gasteiger partial charge in [0.1, 0.15) is 11.6 Å². The van der Waals surface area contributed by atoms with Crippen molar-refractivity contribution in [3.63, 3.8) is 0 Å². The summed E-state index contributed by atoms with van der Waals surface area (Å²) in [5.74, 6) is 1.32. The molecule has 0 saturated carbocycles. The summed E-state index contributed by atoms with van der Waals surface area (Å²) in [4.78, 5) is 23.7. The number of carbonyl (C=O) groups is 2. The molecule has 0 saturated heterocycles. The van der Waals surface area contributed by atoms with Gasteiger partial charge in [0, 0.05) is 25.5 Å². The average Bonchev–Trinajstić information content (AvgIpc) is 3.15. The molecule has 9 heteroatoms. The van der Waals surface area contributed by atoms with E-state index in [9.17, 15) is 9.59 Å². The van der Waals surface area contributed by atoms with Crippen molar-refractivity contribution < 1.29 is 14.3 Å².